The summed E-state index contributed by atoms with van der Waals surface area (Å²) in [5.74, 6) is 0.156. The van der Waals surface area contributed by atoms with E-state index in [4.69, 9.17) is 4.74 Å². The number of ether oxygens (including phenoxy) is 1. The third kappa shape index (κ3) is 2.10. The number of hydrogen-bond acceptors (Lipinski definition) is 4. The molecular formula is C15H13N3O3. The molecule has 0 amide bonds. The highest BCUT2D eigenvalue weighted by molar-refractivity contribution is 5.85. The van der Waals surface area contributed by atoms with Gasteiger partial charge in [-0.1, -0.05) is 18.2 Å². The van der Waals surface area contributed by atoms with E-state index in [0.717, 1.165) is 0 Å². The van der Waals surface area contributed by atoms with Crippen molar-refractivity contribution >= 4 is 10.8 Å². The average molecular weight is 283 g/mol. The molecule has 21 heavy (non-hydrogen) atoms. The van der Waals surface area contributed by atoms with Crippen LogP contribution < -0.4 is 15.9 Å². The Morgan fingerprint density at radius 3 is 2.57 bits per heavy atom. The van der Waals surface area contributed by atoms with Gasteiger partial charge in [-0.05, 0) is 25.1 Å². The average Bonchev–Trinajstić information content (AvgIpc) is 2.50. The van der Waals surface area contributed by atoms with Crippen LogP contribution in [0.4, 0.5) is 0 Å². The molecule has 0 fully saturated rings. The van der Waals surface area contributed by atoms with Crippen molar-refractivity contribution in [3.63, 3.8) is 0 Å². The maximum atomic E-state index is 12.6. The van der Waals surface area contributed by atoms with Crippen molar-refractivity contribution in [2.45, 2.75) is 6.92 Å². The number of benzene rings is 1. The van der Waals surface area contributed by atoms with Gasteiger partial charge in [0.2, 0.25) is 5.88 Å². The molecule has 0 spiro atoms. The van der Waals surface area contributed by atoms with Crippen molar-refractivity contribution in [1.29, 1.82) is 0 Å². The summed E-state index contributed by atoms with van der Waals surface area (Å²) in [6.07, 6.45) is 0. The minimum absolute atomic E-state index is 0.156. The van der Waals surface area contributed by atoms with E-state index in [0.29, 0.717) is 11.4 Å². The fraction of sp³-hybridized carbons (Fsp3) is 0.133. The third-order valence-electron chi connectivity index (χ3n) is 3.20. The van der Waals surface area contributed by atoms with Crippen LogP contribution >= 0.6 is 0 Å². The summed E-state index contributed by atoms with van der Waals surface area (Å²) in [6.45, 7) is 1.75. The molecule has 2 heterocycles. The van der Waals surface area contributed by atoms with Gasteiger partial charge in [0.1, 0.15) is 5.39 Å². The molecule has 0 aliphatic carbocycles. The second-order valence-electron chi connectivity index (χ2n) is 4.61. The lowest BCUT2D eigenvalue weighted by atomic mass is 10.2. The number of methoxy groups -OCH3 is 1. The molecule has 0 unspecified atom stereocenters. The van der Waals surface area contributed by atoms with Crippen molar-refractivity contribution in [3.8, 4) is 11.6 Å². The molecule has 2 aromatic heterocycles. The molecule has 0 aliphatic rings. The van der Waals surface area contributed by atoms with Gasteiger partial charge in [-0.2, -0.15) is 0 Å². The zero-order chi connectivity index (χ0) is 15.0. The number of aromatic amines is 1. The van der Waals surface area contributed by atoms with E-state index in [1.807, 2.05) is 6.07 Å². The number of H-pyrrole nitrogens is 1. The van der Waals surface area contributed by atoms with Crippen LogP contribution in [0, 0.1) is 6.92 Å². The summed E-state index contributed by atoms with van der Waals surface area (Å²) in [4.78, 5) is 29.0. The first-order valence-corrected chi connectivity index (χ1v) is 6.38. The van der Waals surface area contributed by atoms with Crippen LogP contribution in [0.1, 0.15) is 5.69 Å². The lowest BCUT2D eigenvalue weighted by Gasteiger charge is -2.09. The van der Waals surface area contributed by atoms with Gasteiger partial charge in [0, 0.05) is 5.69 Å². The largest absolute Gasteiger partial charge is 0.480 e. The number of rotatable bonds is 2. The molecular weight excluding hydrogens is 270 g/mol. The van der Waals surface area contributed by atoms with Gasteiger partial charge in [0.15, 0.2) is 0 Å². The zero-order valence-electron chi connectivity index (χ0n) is 11.6. The van der Waals surface area contributed by atoms with E-state index in [1.54, 1.807) is 37.3 Å². The van der Waals surface area contributed by atoms with Crippen molar-refractivity contribution in [2.75, 3.05) is 7.11 Å². The van der Waals surface area contributed by atoms with Gasteiger partial charge in [0.05, 0.1) is 18.2 Å². The van der Waals surface area contributed by atoms with E-state index in [2.05, 4.69) is 10.1 Å². The molecule has 3 aromatic rings. The highest BCUT2D eigenvalue weighted by Crippen LogP contribution is 2.18. The van der Waals surface area contributed by atoms with E-state index >= 15 is 0 Å². The van der Waals surface area contributed by atoms with Crippen LogP contribution in [-0.2, 0) is 0 Å². The number of aromatic nitrogens is 3. The fourth-order valence-electron chi connectivity index (χ4n) is 2.27. The molecule has 0 saturated heterocycles. The lowest BCUT2D eigenvalue weighted by Crippen LogP contribution is -2.29. The van der Waals surface area contributed by atoms with E-state index in [9.17, 15) is 9.59 Å². The number of hydrogen-bond donors (Lipinski definition) is 1. The Hall–Kier alpha value is -2.89. The topological polar surface area (TPSA) is 77.0 Å². The quantitative estimate of drug-likeness (QED) is 0.771. The predicted octanol–water partition coefficient (Wildman–Crippen LogP) is 1.39. The van der Waals surface area contributed by atoms with Crippen LogP contribution in [0.25, 0.3) is 16.5 Å². The van der Waals surface area contributed by atoms with Crippen LogP contribution in [0.15, 0.2) is 46.0 Å². The maximum Gasteiger partial charge on any atom is 0.278 e. The van der Waals surface area contributed by atoms with Crippen LogP contribution in [0.5, 0.6) is 5.88 Å². The van der Waals surface area contributed by atoms with E-state index in [1.165, 1.54) is 11.8 Å². The Kier molecular flexibility index (Phi) is 3.06. The van der Waals surface area contributed by atoms with Crippen molar-refractivity contribution < 1.29 is 4.74 Å². The smallest absolute Gasteiger partial charge is 0.278 e. The molecule has 1 aromatic carbocycles. The Morgan fingerprint density at radius 1 is 1.19 bits per heavy atom. The minimum atomic E-state index is -0.419. The van der Waals surface area contributed by atoms with Gasteiger partial charge in [-0.15, -0.1) is 0 Å². The highest BCUT2D eigenvalue weighted by atomic mass is 16.5. The fourth-order valence-corrected chi connectivity index (χ4v) is 2.27. The van der Waals surface area contributed by atoms with Gasteiger partial charge < -0.3 is 4.74 Å². The maximum absolute atomic E-state index is 12.6. The lowest BCUT2D eigenvalue weighted by molar-refractivity contribution is 0.402. The summed E-state index contributed by atoms with van der Waals surface area (Å²) in [5.41, 5.74) is 0.467. The SMILES string of the molecule is COc1nc(C)cc2c(=O)n(-c3ccccc3)[nH]c(=O)c12. The molecule has 0 bridgehead atoms. The van der Waals surface area contributed by atoms with Gasteiger partial charge in [-0.3, -0.25) is 14.7 Å². The summed E-state index contributed by atoms with van der Waals surface area (Å²) in [7, 11) is 1.42. The summed E-state index contributed by atoms with van der Waals surface area (Å²) in [5, 5.41) is 3.01. The molecule has 0 radical (unpaired) electrons. The normalized spacial score (nSPS) is 10.8. The highest BCUT2D eigenvalue weighted by Gasteiger charge is 2.14. The van der Waals surface area contributed by atoms with Crippen LogP contribution in [-0.4, -0.2) is 21.9 Å². The first-order chi connectivity index (χ1) is 10.1. The van der Waals surface area contributed by atoms with Gasteiger partial charge >= 0.3 is 0 Å². The van der Waals surface area contributed by atoms with E-state index in [-0.39, 0.29) is 22.2 Å². The first-order valence-electron chi connectivity index (χ1n) is 6.38. The summed E-state index contributed by atoms with van der Waals surface area (Å²) in [6, 6.07) is 10.5. The molecule has 6 nitrogen and oxygen atoms in total. The van der Waals surface area contributed by atoms with Crippen molar-refractivity contribution in [2.24, 2.45) is 0 Å². The van der Waals surface area contributed by atoms with Crippen LogP contribution in [0.2, 0.25) is 0 Å². The number of aryl methyl sites for hydroxylation is 1. The predicted molar refractivity (Wildman–Crippen MR) is 79.2 cm³/mol. The van der Waals surface area contributed by atoms with Gasteiger partial charge in [0.25, 0.3) is 11.1 Å². The molecule has 0 saturated carbocycles. The second-order valence-corrected chi connectivity index (χ2v) is 4.61. The van der Waals surface area contributed by atoms with Crippen molar-refractivity contribution in [1.82, 2.24) is 14.8 Å². The number of para-hydroxylation sites is 1. The molecule has 3 rings (SSSR count). The van der Waals surface area contributed by atoms with E-state index < -0.39 is 5.56 Å². The van der Waals surface area contributed by atoms with Crippen molar-refractivity contribution in [3.05, 3.63) is 62.8 Å². The second kappa shape index (κ2) is 4.90. The number of fused-ring (bicyclic) bond motifs is 1. The monoisotopic (exact) mass is 283 g/mol. The standard InChI is InChI=1S/C15H13N3O3/c1-9-8-11-12(14(16-9)21-2)13(19)17-18(15(11)20)10-6-4-3-5-7-10/h3-8H,1-2H3,(H,17,19). The summed E-state index contributed by atoms with van der Waals surface area (Å²) < 4.78 is 6.34. The molecule has 1 N–H and O–H groups in total. The Morgan fingerprint density at radius 2 is 1.90 bits per heavy atom. The number of pyridine rings is 1. The molecule has 6 heteroatoms. The first kappa shape index (κ1) is 13.1. The Bertz CT molecular complexity index is 927. The molecule has 106 valence electrons. The number of nitrogens with zero attached hydrogens (tertiary/aromatic N) is 2. The molecule has 0 aliphatic heterocycles. The summed E-state index contributed by atoms with van der Waals surface area (Å²) >= 11 is 0. The van der Waals surface area contributed by atoms with Gasteiger partial charge in [-0.25, -0.2) is 9.67 Å². The Labute approximate surface area is 119 Å². The van der Waals surface area contributed by atoms with Crippen LogP contribution in [0.3, 0.4) is 0 Å². The zero-order valence-corrected chi connectivity index (χ0v) is 11.6. The number of nitrogens with one attached hydrogen (secondary N) is 1. The Balaban J connectivity index is 2.45. The molecule has 0 atom stereocenters. The third-order valence-corrected chi connectivity index (χ3v) is 3.20. The minimum Gasteiger partial charge on any atom is -0.480 e.